The van der Waals surface area contributed by atoms with Crippen molar-refractivity contribution in [2.24, 2.45) is 0 Å². The highest BCUT2D eigenvalue weighted by molar-refractivity contribution is 5.66. The van der Waals surface area contributed by atoms with Crippen LogP contribution in [0.15, 0.2) is 84.7 Å². The van der Waals surface area contributed by atoms with Crippen molar-refractivity contribution in [3.8, 4) is 34.2 Å². The minimum absolute atomic E-state index is 0.122. The maximum Gasteiger partial charge on any atom is 0.164 e. The van der Waals surface area contributed by atoms with Crippen molar-refractivity contribution >= 4 is 0 Å². The largest absolute Gasteiger partial charge is 0.208 e. The van der Waals surface area contributed by atoms with Crippen LogP contribution in [-0.4, -0.2) is 15.0 Å². The quantitative estimate of drug-likeness (QED) is 0.527. The second-order valence-corrected chi connectivity index (χ2v) is 4.81. The molecule has 0 saturated heterocycles. The third-order valence-corrected chi connectivity index (χ3v) is 3.19. The second-order valence-electron chi connectivity index (χ2n) is 4.81. The number of halogens is 1. The Balaban J connectivity index is 2.12. The maximum atomic E-state index is 13.5. The molecule has 120 valence electrons. The number of aromatic nitrogens is 3. The molecule has 4 aromatic rings. The van der Waals surface area contributed by atoms with Gasteiger partial charge < -0.3 is 0 Å². The van der Waals surface area contributed by atoms with Crippen molar-refractivity contribution in [1.29, 1.82) is 0 Å². The fraction of sp³-hybridized carbons (Fsp3) is 0. The fourth-order valence-electron chi connectivity index (χ4n) is 2.05. The smallest absolute Gasteiger partial charge is 0.164 e. The first-order valence-electron chi connectivity index (χ1n) is 12.1. The molecule has 0 aliphatic rings. The lowest BCUT2D eigenvalue weighted by Gasteiger charge is -2.08. The van der Waals surface area contributed by atoms with E-state index in [0.717, 1.165) is 12.1 Å². The molecule has 1 aromatic heterocycles. The van der Waals surface area contributed by atoms with E-state index in [1.807, 2.05) is 0 Å². The van der Waals surface area contributed by atoms with Crippen LogP contribution in [0, 0.1) is 5.82 Å². The van der Waals surface area contributed by atoms with Crippen LogP contribution in [0.5, 0.6) is 0 Å². The SMILES string of the molecule is [2H]c1c([2H])c([2H])c(-c2nc(-c3ccc(F)cc3)nc(-c3c([2H])c([2H])c([2H])c([2H])c3[2H])n2)c([2H])c1[2H]. The molecule has 0 aliphatic carbocycles. The molecule has 0 N–H and O–H groups in total. The van der Waals surface area contributed by atoms with Gasteiger partial charge in [-0.3, -0.25) is 0 Å². The van der Waals surface area contributed by atoms with E-state index < -0.39 is 66.2 Å². The summed E-state index contributed by atoms with van der Waals surface area (Å²) in [5, 5.41) is 0. The van der Waals surface area contributed by atoms with Gasteiger partial charge in [-0.05, 0) is 24.3 Å². The molecule has 0 spiro atoms. The van der Waals surface area contributed by atoms with Gasteiger partial charge in [-0.15, -0.1) is 0 Å². The van der Waals surface area contributed by atoms with E-state index in [1.165, 1.54) is 12.1 Å². The Bertz CT molecular complexity index is 1360. The predicted molar refractivity (Wildman–Crippen MR) is 96.1 cm³/mol. The normalized spacial score (nSPS) is 16.2. The summed E-state index contributed by atoms with van der Waals surface area (Å²) in [5.74, 6) is -1.42. The Kier molecular flexibility index (Phi) is 2.02. The van der Waals surface area contributed by atoms with E-state index in [-0.39, 0.29) is 34.2 Å². The summed E-state index contributed by atoms with van der Waals surface area (Å²) in [5.41, 5.74) is -0.471. The molecule has 4 rings (SSSR count). The van der Waals surface area contributed by atoms with Crippen molar-refractivity contribution in [2.75, 3.05) is 0 Å². The molecule has 3 aromatic carbocycles. The Hall–Kier alpha value is -3.40. The standard InChI is InChI=1S/C21H14FN3/c22-18-13-11-17(12-14-18)21-24-19(15-7-3-1-4-8-15)23-20(25-21)16-9-5-2-6-10-16/h1-14H/i1D,2D,3D,4D,5D,6D,7D,8D,9D,10D. The molecular formula is C21H14FN3. The third kappa shape index (κ3) is 3.28. The van der Waals surface area contributed by atoms with E-state index in [1.54, 1.807) is 0 Å². The number of nitrogens with zero attached hydrogens (tertiary/aromatic N) is 3. The fourth-order valence-corrected chi connectivity index (χ4v) is 2.05. The summed E-state index contributed by atoms with van der Waals surface area (Å²) < 4.78 is 93.9. The monoisotopic (exact) mass is 337 g/mol. The van der Waals surface area contributed by atoms with Gasteiger partial charge in [-0.1, -0.05) is 60.4 Å². The molecule has 0 atom stereocenters. The van der Waals surface area contributed by atoms with Gasteiger partial charge in [-0.25, -0.2) is 19.3 Å². The lowest BCUT2D eigenvalue weighted by atomic mass is 10.1. The average Bonchev–Trinajstić information content (AvgIpc) is 2.84. The van der Waals surface area contributed by atoms with Gasteiger partial charge in [0, 0.05) is 16.7 Å². The van der Waals surface area contributed by atoms with Gasteiger partial charge in [0.2, 0.25) is 0 Å². The third-order valence-electron chi connectivity index (χ3n) is 3.19. The first-order valence-corrected chi connectivity index (χ1v) is 7.10. The highest BCUT2D eigenvalue weighted by Gasteiger charge is 2.11. The molecule has 3 nitrogen and oxygen atoms in total. The zero-order valence-corrected chi connectivity index (χ0v) is 12.5. The predicted octanol–water partition coefficient (Wildman–Crippen LogP) is 5.01. The molecular weight excluding hydrogens is 313 g/mol. The van der Waals surface area contributed by atoms with Gasteiger partial charge >= 0.3 is 0 Å². The number of hydrogen-bond acceptors (Lipinski definition) is 3. The molecule has 0 unspecified atom stereocenters. The molecule has 0 fully saturated rings. The molecule has 0 saturated carbocycles. The van der Waals surface area contributed by atoms with Crippen LogP contribution in [0.4, 0.5) is 4.39 Å². The van der Waals surface area contributed by atoms with Crippen molar-refractivity contribution in [2.45, 2.75) is 0 Å². The van der Waals surface area contributed by atoms with Crippen LogP contribution in [0.2, 0.25) is 0 Å². The maximum absolute atomic E-state index is 13.5. The van der Waals surface area contributed by atoms with Gasteiger partial charge in [0.15, 0.2) is 17.5 Å². The topological polar surface area (TPSA) is 38.7 Å². The van der Waals surface area contributed by atoms with E-state index >= 15 is 0 Å². The minimum atomic E-state index is -0.630. The molecule has 25 heavy (non-hydrogen) atoms. The van der Waals surface area contributed by atoms with Crippen LogP contribution >= 0.6 is 0 Å². The summed E-state index contributed by atoms with van der Waals surface area (Å²) in [6, 6.07) is -1.22. The molecule has 0 amide bonds. The zero-order valence-electron chi connectivity index (χ0n) is 22.5. The summed E-state index contributed by atoms with van der Waals surface area (Å²) >= 11 is 0. The van der Waals surface area contributed by atoms with Crippen LogP contribution < -0.4 is 0 Å². The number of benzene rings is 3. The summed E-state index contributed by atoms with van der Waals surface area (Å²) in [4.78, 5) is 12.6. The first-order chi connectivity index (χ1) is 16.4. The van der Waals surface area contributed by atoms with Gasteiger partial charge in [-0.2, -0.15) is 0 Å². The summed E-state index contributed by atoms with van der Waals surface area (Å²) in [6.07, 6.45) is 0. The average molecular weight is 337 g/mol. The van der Waals surface area contributed by atoms with Crippen LogP contribution in [-0.2, 0) is 0 Å². The molecule has 1 heterocycles. The lowest BCUT2D eigenvalue weighted by Crippen LogP contribution is -2.00. The molecule has 4 heteroatoms. The zero-order chi connectivity index (χ0) is 25.8. The van der Waals surface area contributed by atoms with Crippen molar-refractivity contribution in [3.05, 3.63) is 90.5 Å². The van der Waals surface area contributed by atoms with Crippen molar-refractivity contribution < 1.29 is 18.1 Å². The number of rotatable bonds is 3. The Morgan fingerprint density at radius 2 is 0.960 bits per heavy atom. The first kappa shape index (κ1) is 7.66. The van der Waals surface area contributed by atoms with Crippen LogP contribution in [0.1, 0.15) is 13.7 Å². The van der Waals surface area contributed by atoms with E-state index in [9.17, 15) is 4.39 Å². The lowest BCUT2D eigenvalue weighted by molar-refractivity contribution is 0.628. The van der Waals surface area contributed by atoms with Crippen LogP contribution in [0.25, 0.3) is 34.2 Å². The summed E-state index contributed by atoms with van der Waals surface area (Å²) in [7, 11) is 0. The van der Waals surface area contributed by atoms with E-state index in [2.05, 4.69) is 15.0 Å². The minimum Gasteiger partial charge on any atom is -0.208 e. The highest BCUT2D eigenvalue weighted by atomic mass is 19.1. The Labute approximate surface area is 158 Å². The molecule has 0 bridgehead atoms. The van der Waals surface area contributed by atoms with E-state index in [0.29, 0.717) is 0 Å². The molecule has 0 radical (unpaired) electrons. The Morgan fingerprint density at radius 1 is 0.560 bits per heavy atom. The highest BCUT2D eigenvalue weighted by Crippen LogP contribution is 2.24. The van der Waals surface area contributed by atoms with Gasteiger partial charge in [0.05, 0.1) is 13.7 Å². The van der Waals surface area contributed by atoms with Gasteiger partial charge in [0.1, 0.15) is 5.82 Å². The Morgan fingerprint density at radius 3 is 1.40 bits per heavy atom. The van der Waals surface area contributed by atoms with E-state index in [4.69, 9.17) is 13.7 Å². The van der Waals surface area contributed by atoms with Crippen molar-refractivity contribution in [1.82, 2.24) is 15.0 Å². The number of hydrogen-bond donors (Lipinski definition) is 0. The van der Waals surface area contributed by atoms with Crippen molar-refractivity contribution in [3.63, 3.8) is 0 Å². The summed E-state index contributed by atoms with van der Waals surface area (Å²) in [6.45, 7) is 0. The van der Waals surface area contributed by atoms with Gasteiger partial charge in [0.25, 0.3) is 0 Å². The second kappa shape index (κ2) is 6.61. The van der Waals surface area contributed by atoms with Crippen LogP contribution in [0.3, 0.4) is 0 Å². The molecule has 0 aliphatic heterocycles.